The number of ketones is 1. The third-order valence-electron chi connectivity index (χ3n) is 4.57. The van der Waals surface area contributed by atoms with Crippen molar-refractivity contribution in [3.8, 4) is 11.5 Å². The SMILES string of the molecule is O=C(CSc1ccc2c(c1)OCCCO2)Nc1ccccc1C(=O)c1ccccc1. The lowest BCUT2D eigenvalue weighted by molar-refractivity contribution is -0.113. The van der Waals surface area contributed by atoms with E-state index in [2.05, 4.69) is 5.32 Å². The van der Waals surface area contributed by atoms with Crippen molar-refractivity contribution >= 4 is 29.1 Å². The quantitative estimate of drug-likeness (QED) is 0.459. The first-order valence-electron chi connectivity index (χ1n) is 9.72. The second-order valence-corrected chi connectivity index (χ2v) is 7.79. The minimum absolute atomic E-state index is 0.123. The monoisotopic (exact) mass is 419 g/mol. The molecule has 1 heterocycles. The lowest BCUT2D eigenvalue weighted by Crippen LogP contribution is -2.16. The van der Waals surface area contributed by atoms with E-state index in [0.29, 0.717) is 35.8 Å². The van der Waals surface area contributed by atoms with Gasteiger partial charge in [0.15, 0.2) is 17.3 Å². The van der Waals surface area contributed by atoms with Crippen LogP contribution >= 0.6 is 11.8 Å². The highest BCUT2D eigenvalue weighted by molar-refractivity contribution is 8.00. The van der Waals surface area contributed by atoms with Crippen LogP contribution in [0.1, 0.15) is 22.3 Å². The molecule has 0 fully saturated rings. The van der Waals surface area contributed by atoms with E-state index < -0.39 is 0 Å². The normalized spacial score (nSPS) is 12.7. The minimum atomic E-state index is -0.180. The van der Waals surface area contributed by atoms with Gasteiger partial charge in [0.1, 0.15) is 0 Å². The Balaban J connectivity index is 1.41. The fraction of sp³-hybridized carbons (Fsp3) is 0.167. The smallest absolute Gasteiger partial charge is 0.234 e. The molecule has 6 heteroatoms. The number of carbonyl (C=O) groups excluding carboxylic acids is 2. The molecule has 1 amide bonds. The Kier molecular flexibility index (Phi) is 6.35. The Morgan fingerprint density at radius 1 is 0.867 bits per heavy atom. The van der Waals surface area contributed by atoms with Crippen LogP contribution in [0.4, 0.5) is 5.69 Å². The Morgan fingerprint density at radius 3 is 2.43 bits per heavy atom. The van der Waals surface area contributed by atoms with Gasteiger partial charge in [-0.3, -0.25) is 9.59 Å². The van der Waals surface area contributed by atoms with Crippen molar-refractivity contribution in [3.63, 3.8) is 0 Å². The topological polar surface area (TPSA) is 64.6 Å². The third-order valence-corrected chi connectivity index (χ3v) is 5.56. The molecule has 5 nitrogen and oxygen atoms in total. The predicted octanol–water partition coefficient (Wildman–Crippen LogP) is 4.81. The first-order chi connectivity index (χ1) is 14.7. The van der Waals surface area contributed by atoms with Gasteiger partial charge in [-0.05, 0) is 30.3 Å². The van der Waals surface area contributed by atoms with Crippen molar-refractivity contribution in [2.75, 3.05) is 24.3 Å². The van der Waals surface area contributed by atoms with Crippen molar-refractivity contribution in [2.24, 2.45) is 0 Å². The number of thioether (sulfide) groups is 1. The second kappa shape index (κ2) is 9.50. The number of benzene rings is 3. The molecule has 3 aromatic rings. The molecule has 1 aliphatic heterocycles. The molecule has 0 radical (unpaired) electrons. The zero-order valence-electron chi connectivity index (χ0n) is 16.3. The van der Waals surface area contributed by atoms with E-state index in [4.69, 9.17) is 9.47 Å². The summed E-state index contributed by atoms with van der Waals surface area (Å²) in [5, 5.41) is 2.87. The number of ether oxygens (including phenoxy) is 2. The zero-order chi connectivity index (χ0) is 20.8. The van der Waals surface area contributed by atoms with E-state index in [-0.39, 0.29) is 17.4 Å². The minimum Gasteiger partial charge on any atom is -0.490 e. The number of anilines is 1. The van der Waals surface area contributed by atoms with E-state index in [0.717, 1.165) is 17.1 Å². The van der Waals surface area contributed by atoms with Gasteiger partial charge < -0.3 is 14.8 Å². The number of para-hydroxylation sites is 1. The van der Waals surface area contributed by atoms with Crippen molar-refractivity contribution in [1.29, 1.82) is 0 Å². The van der Waals surface area contributed by atoms with E-state index in [1.807, 2.05) is 36.4 Å². The lowest BCUT2D eigenvalue weighted by Gasteiger charge is -2.11. The summed E-state index contributed by atoms with van der Waals surface area (Å²) >= 11 is 1.41. The van der Waals surface area contributed by atoms with Crippen LogP contribution in [0.25, 0.3) is 0 Å². The van der Waals surface area contributed by atoms with Crippen LogP contribution in [-0.4, -0.2) is 30.7 Å². The third kappa shape index (κ3) is 4.83. The first-order valence-corrected chi connectivity index (χ1v) is 10.7. The molecular weight excluding hydrogens is 398 g/mol. The number of hydrogen-bond donors (Lipinski definition) is 1. The van der Waals surface area contributed by atoms with E-state index in [9.17, 15) is 9.59 Å². The summed E-state index contributed by atoms with van der Waals surface area (Å²) in [4.78, 5) is 26.3. The average Bonchev–Trinajstić information content (AvgIpc) is 3.03. The summed E-state index contributed by atoms with van der Waals surface area (Å²) in [7, 11) is 0. The summed E-state index contributed by atoms with van der Waals surface area (Å²) < 4.78 is 11.3. The standard InChI is InChI=1S/C24H21NO4S/c26-23(16-30-18-11-12-21-22(15-18)29-14-6-13-28-21)25-20-10-5-4-9-19(20)24(27)17-7-2-1-3-8-17/h1-5,7-12,15H,6,13-14,16H2,(H,25,26). The Labute approximate surface area is 179 Å². The van der Waals surface area contributed by atoms with Crippen molar-refractivity contribution in [1.82, 2.24) is 0 Å². The van der Waals surface area contributed by atoms with Crippen LogP contribution in [0.3, 0.4) is 0 Å². The van der Waals surface area contributed by atoms with Crippen LogP contribution in [0.5, 0.6) is 11.5 Å². The summed E-state index contributed by atoms with van der Waals surface area (Å²) in [6.45, 7) is 1.26. The zero-order valence-corrected chi connectivity index (χ0v) is 17.1. The number of rotatable bonds is 6. The molecule has 0 aliphatic carbocycles. The Morgan fingerprint density at radius 2 is 1.60 bits per heavy atom. The molecule has 30 heavy (non-hydrogen) atoms. The van der Waals surface area contributed by atoms with Gasteiger partial charge in [0.2, 0.25) is 5.91 Å². The summed E-state index contributed by atoms with van der Waals surface area (Å²) in [5.74, 6) is 1.35. The largest absolute Gasteiger partial charge is 0.490 e. The number of amides is 1. The molecule has 152 valence electrons. The van der Waals surface area contributed by atoms with Gasteiger partial charge in [0, 0.05) is 22.4 Å². The maximum Gasteiger partial charge on any atom is 0.234 e. The van der Waals surface area contributed by atoms with Crippen LogP contribution in [0.15, 0.2) is 77.7 Å². The van der Waals surface area contributed by atoms with Gasteiger partial charge in [0.25, 0.3) is 0 Å². The van der Waals surface area contributed by atoms with Crippen LogP contribution < -0.4 is 14.8 Å². The van der Waals surface area contributed by atoms with Crippen molar-refractivity contribution in [3.05, 3.63) is 83.9 Å². The van der Waals surface area contributed by atoms with Gasteiger partial charge in [-0.15, -0.1) is 11.8 Å². The second-order valence-electron chi connectivity index (χ2n) is 6.74. The maximum absolute atomic E-state index is 12.8. The molecule has 0 atom stereocenters. The molecule has 1 aliphatic rings. The lowest BCUT2D eigenvalue weighted by atomic mass is 10.0. The first kappa shape index (κ1) is 20.0. The molecule has 0 saturated carbocycles. The molecule has 0 saturated heterocycles. The molecule has 1 N–H and O–H groups in total. The number of fused-ring (bicyclic) bond motifs is 1. The van der Waals surface area contributed by atoms with E-state index in [1.165, 1.54) is 11.8 Å². The van der Waals surface area contributed by atoms with Gasteiger partial charge in [-0.1, -0.05) is 42.5 Å². The molecule has 0 aromatic heterocycles. The number of hydrogen-bond acceptors (Lipinski definition) is 5. The van der Waals surface area contributed by atoms with Crippen molar-refractivity contribution in [2.45, 2.75) is 11.3 Å². The summed E-state index contributed by atoms with van der Waals surface area (Å²) in [6.07, 6.45) is 0.848. The van der Waals surface area contributed by atoms with Gasteiger partial charge in [-0.25, -0.2) is 0 Å². The fourth-order valence-corrected chi connectivity index (χ4v) is 3.83. The van der Waals surface area contributed by atoms with Crippen LogP contribution in [0, 0.1) is 0 Å². The molecule has 0 unspecified atom stereocenters. The van der Waals surface area contributed by atoms with E-state index >= 15 is 0 Å². The molecule has 0 bridgehead atoms. The maximum atomic E-state index is 12.8. The van der Waals surface area contributed by atoms with Gasteiger partial charge in [0.05, 0.1) is 24.7 Å². The van der Waals surface area contributed by atoms with Crippen molar-refractivity contribution < 1.29 is 19.1 Å². The van der Waals surface area contributed by atoms with Crippen LogP contribution in [0.2, 0.25) is 0 Å². The highest BCUT2D eigenvalue weighted by atomic mass is 32.2. The van der Waals surface area contributed by atoms with Crippen LogP contribution in [-0.2, 0) is 4.79 Å². The van der Waals surface area contributed by atoms with E-state index in [1.54, 1.807) is 36.4 Å². The number of carbonyl (C=O) groups is 2. The molecule has 3 aromatic carbocycles. The Bertz CT molecular complexity index is 1050. The average molecular weight is 420 g/mol. The predicted molar refractivity (Wildman–Crippen MR) is 118 cm³/mol. The highest BCUT2D eigenvalue weighted by Crippen LogP contribution is 2.34. The molecule has 0 spiro atoms. The highest BCUT2D eigenvalue weighted by Gasteiger charge is 2.16. The fourth-order valence-electron chi connectivity index (χ4n) is 3.10. The van der Waals surface area contributed by atoms with Gasteiger partial charge >= 0.3 is 0 Å². The van der Waals surface area contributed by atoms with Gasteiger partial charge in [-0.2, -0.15) is 0 Å². The summed E-state index contributed by atoms with van der Waals surface area (Å²) in [6, 6.07) is 21.8. The summed E-state index contributed by atoms with van der Waals surface area (Å²) in [5.41, 5.74) is 1.56. The Hall–Kier alpha value is -3.25. The molecule has 4 rings (SSSR count). The number of nitrogens with one attached hydrogen (secondary N) is 1. The molecular formula is C24H21NO4S.